The van der Waals surface area contributed by atoms with Gasteiger partial charge in [-0.2, -0.15) is 5.10 Å². The normalized spacial score (nSPS) is 14.6. The highest BCUT2D eigenvalue weighted by atomic mass is 32.5. The Morgan fingerprint density at radius 2 is 1.74 bits per heavy atom. The molecule has 0 aliphatic carbocycles. The molecule has 0 bridgehead atoms. The minimum absolute atomic E-state index is 0.0245. The maximum Gasteiger partial charge on any atom is 0.310 e. The molecule has 0 aliphatic heterocycles. The van der Waals surface area contributed by atoms with E-state index in [1.165, 1.54) is 0 Å². The molecule has 0 aliphatic rings. The van der Waals surface area contributed by atoms with Crippen LogP contribution in [0.25, 0.3) is 10.9 Å². The molecule has 0 saturated carbocycles. The third-order valence-corrected chi connectivity index (χ3v) is 7.79. The number of benzene rings is 2. The molecule has 12 heteroatoms. The van der Waals surface area contributed by atoms with Crippen molar-refractivity contribution in [1.29, 1.82) is 0 Å². The number of fused-ring (bicyclic) bond motifs is 1. The van der Waals surface area contributed by atoms with Crippen molar-refractivity contribution in [2.24, 2.45) is 5.92 Å². The molecule has 3 rings (SSSR count). The van der Waals surface area contributed by atoms with Crippen molar-refractivity contribution in [2.45, 2.75) is 57.4 Å². The molecule has 0 radical (unpaired) electrons. The number of nitrogens with one attached hydrogen (secondary N) is 1. The van der Waals surface area contributed by atoms with Crippen LogP contribution in [-0.4, -0.2) is 41.7 Å². The lowest BCUT2D eigenvalue weighted by molar-refractivity contribution is 0.0935. The minimum Gasteiger partial charge on any atom is -0.383 e. The largest absolute Gasteiger partial charge is 0.383 e. The topological polar surface area (TPSA) is 73.2 Å². The van der Waals surface area contributed by atoms with Gasteiger partial charge in [-0.3, -0.25) is 14.3 Å². The van der Waals surface area contributed by atoms with Gasteiger partial charge in [0.25, 0.3) is 5.91 Å². The average molecular weight is 576 g/mol. The lowest BCUT2D eigenvalue weighted by atomic mass is 9.95. The van der Waals surface area contributed by atoms with Gasteiger partial charge in [0.15, 0.2) is 5.78 Å². The van der Waals surface area contributed by atoms with Crippen LogP contribution in [0.5, 0.6) is 0 Å². The van der Waals surface area contributed by atoms with Crippen molar-refractivity contribution in [3.63, 3.8) is 0 Å². The van der Waals surface area contributed by atoms with E-state index in [2.05, 4.69) is 17.3 Å². The van der Waals surface area contributed by atoms with E-state index in [9.17, 15) is 29.0 Å². The van der Waals surface area contributed by atoms with Gasteiger partial charge in [0.2, 0.25) is 0 Å². The molecule has 6 nitrogen and oxygen atoms in total. The van der Waals surface area contributed by atoms with Crippen LogP contribution in [-0.2, 0) is 11.3 Å². The Labute approximate surface area is 224 Å². The number of rotatable bonds is 14. The number of carbonyl (C=O) groups is 2. The maximum absolute atomic E-state index is 12.9. The zero-order valence-corrected chi connectivity index (χ0v) is 23.0. The number of hydrogen-bond donors (Lipinski definition) is 1. The highest BCUT2D eigenvalue weighted by Crippen LogP contribution is 3.02. The summed E-state index contributed by atoms with van der Waals surface area (Å²) in [5.41, 5.74) is 2.13. The van der Waals surface area contributed by atoms with E-state index >= 15 is 0 Å². The highest BCUT2D eigenvalue weighted by Gasteiger charge is 2.65. The molecule has 1 heterocycles. The first-order chi connectivity index (χ1) is 18.1. The summed E-state index contributed by atoms with van der Waals surface area (Å²) in [7, 11) is -8.20. The van der Waals surface area contributed by atoms with Crippen LogP contribution >= 0.6 is 10.2 Å². The molecule has 0 fully saturated rings. The van der Waals surface area contributed by atoms with E-state index in [0.29, 0.717) is 38.1 Å². The summed E-state index contributed by atoms with van der Waals surface area (Å²) in [4.78, 5) is 23.0. The Balaban J connectivity index is 1.62. The summed E-state index contributed by atoms with van der Waals surface area (Å²) in [6, 6.07) is 5.71. The van der Waals surface area contributed by atoms with Crippen molar-refractivity contribution in [3.8, 4) is 0 Å². The SMILES string of the molecule is CCCC(CCCC(=O)c1ccc(S(F)(F)(F)(F)F)cc1)Cn1cc2c(C)c(C(=O)NCCOC)ccc2n1. The van der Waals surface area contributed by atoms with Gasteiger partial charge in [-0.15, -0.1) is 0 Å². The zero-order valence-electron chi connectivity index (χ0n) is 22.2. The standard InChI is InChI=1S/C27H34F5N3O3S/c1-4-6-20(7-5-8-26(36)21-9-11-22(12-10-21)39(28,29,30,31)32)17-35-18-24-19(2)23(13-14-25(24)34-35)27(37)33-15-16-38-3/h9-14,18,20H,4-8,15-17H2,1-3H3,(H,33,37). The predicted octanol–water partition coefficient (Wildman–Crippen LogP) is 7.85. The molecule has 1 amide bonds. The summed E-state index contributed by atoms with van der Waals surface area (Å²) >= 11 is 0. The fourth-order valence-corrected chi connectivity index (χ4v) is 5.23. The molecular weight excluding hydrogens is 541 g/mol. The second-order valence-corrected chi connectivity index (χ2v) is 12.1. The van der Waals surface area contributed by atoms with Crippen molar-refractivity contribution >= 4 is 32.8 Å². The summed E-state index contributed by atoms with van der Waals surface area (Å²) in [6.45, 7) is 5.35. The number of ketones is 1. The van der Waals surface area contributed by atoms with Gasteiger partial charge in [-0.05, 0) is 74.1 Å². The van der Waals surface area contributed by atoms with Gasteiger partial charge in [0.1, 0.15) is 4.90 Å². The summed E-state index contributed by atoms with van der Waals surface area (Å²) in [6.07, 6.45) is 4.99. The number of aryl methyl sites for hydroxylation is 1. The van der Waals surface area contributed by atoms with Gasteiger partial charge in [0.05, 0.1) is 12.1 Å². The van der Waals surface area contributed by atoms with E-state index in [1.54, 1.807) is 19.2 Å². The van der Waals surface area contributed by atoms with Crippen LogP contribution in [0.3, 0.4) is 0 Å². The Morgan fingerprint density at radius 1 is 1.05 bits per heavy atom. The van der Waals surface area contributed by atoms with Crippen LogP contribution in [0, 0.1) is 12.8 Å². The molecule has 0 spiro atoms. The molecule has 39 heavy (non-hydrogen) atoms. The first-order valence-electron chi connectivity index (χ1n) is 12.7. The zero-order chi connectivity index (χ0) is 28.9. The Hall–Kier alpha value is -2.99. The third kappa shape index (κ3) is 8.25. The van der Waals surface area contributed by atoms with Crippen molar-refractivity contribution in [2.75, 3.05) is 20.3 Å². The van der Waals surface area contributed by atoms with Crippen LogP contribution in [0.1, 0.15) is 65.3 Å². The maximum atomic E-state index is 12.9. The highest BCUT2D eigenvalue weighted by molar-refractivity contribution is 8.45. The van der Waals surface area contributed by atoms with Gasteiger partial charge in [-0.1, -0.05) is 32.8 Å². The first-order valence-corrected chi connectivity index (χ1v) is 14.7. The Morgan fingerprint density at radius 3 is 2.36 bits per heavy atom. The molecule has 0 saturated heterocycles. The summed E-state index contributed by atoms with van der Waals surface area (Å²) in [5, 5.41) is 8.34. The lowest BCUT2D eigenvalue weighted by Crippen LogP contribution is -2.27. The van der Waals surface area contributed by atoms with Crippen LogP contribution in [0.15, 0.2) is 47.5 Å². The Kier molecular flexibility index (Phi) is 8.81. The predicted molar refractivity (Wildman–Crippen MR) is 143 cm³/mol. The number of Topliss-reactive ketones (excluding diaryl/α,β-unsaturated/α-hetero) is 1. The number of carbonyl (C=O) groups excluding carboxylic acids is 2. The minimum atomic E-state index is -9.76. The molecule has 1 N–H and O–H groups in total. The monoisotopic (exact) mass is 575 g/mol. The van der Waals surface area contributed by atoms with Gasteiger partial charge in [0, 0.05) is 49.3 Å². The van der Waals surface area contributed by atoms with E-state index < -0.39 is 20.9 Å². The van der Waals surface area contributed by atoms with Crippen LogP contribution in [0.4, 0.5) is 19.4 Å². The summed E-state index contributed by atoms with van der Waals surface area (Å²) in [5.74, 6) is -0.378. The second kappa shape index (κ2) is 11.2. The van der Waals surface area contributed by atoms with Gasteiger partial charge >= 0.3 is 10.2 Å². The fraction of sp³-hybridized carbons (Fsp3) is 0.444. The number of methoxy groups -OCH3 is 1. The quantitative estimate of drug-likeness (QED) is 0.121. The summed E-state index contributed by atoms with van der Waals surface area (Å²) < 4.78 is 71.4. The van der Waals surface area contributed by atoms with Crippen molar-refractivity contribution in [3.05, 3.63) is 59.3 Å². The van der Waals surface area contributed by atoms with E-state index in [4.69, 9.17) is 4.74 Å². The third-order valence-electron chi connectivity index (χ3n) is 6.62. The Bertz CT molecular complexity index is 1330. The van der Waals surface area contributed by atoms with Crippen molar-refractivity contribution in [1.82, 2.24) is 15.1 Å². The van der Waals surface area contributed by atoms with Crippen LogP contribution < -0.4 is 5.32 Å². The first kappa shape index (κ1) is 30.6. The second-order valence-electron chi connectivity index (χ2n) is 9.73. The molecule has 2 aromatic carbocycles. The number of halogens is 5. The number of ether oxygens (including phenoxy) is 1. The number of aromatic nitrogens is 2. The molecule has 216 valence electrons. The van der Waals surface area contributed by atoms with E-state index in [0.717, 1.165) is 41.4 Å². The molecular formula is C27H34F5N3O3S. The molecule has 1 aromatic heterocycles. The average Bonchev–Trinajstić information content (AvgIpc) is 3.26. The lowest BCUT2D eigenvalue weighted by Gasteiger charge is -2.40. The molecule has 1 unspecified atom stereocenters. The number of hydrogen-bond acceptors (Lipinski definition) is 4. The van der Waals surface area contributed by atoms with Crippen LogP contribution in [0.2, 0.25) is 0 Å². The fourth-order valence-electron chi connectivity index (χ4n) is 4.58. The molecule has 1 atom stereocenters. The van der Waals surface area contributed by atoms with Crippen molar-refractivity contribution < 1.29 is 33.8 Å². The van der Waals surface area contributed by atoms with E-state index in [-0.39, 0.29) is 35.9 Å². The smallest absolute Gasteiger partial charge is 0.310 e. The number of nitrogens with zero attached hydrogens (tertiary/aromatic N) is 2. The van der Waals surface area contributed by atoms with Gasteiger partial charge < -0.3 is 10.1 Å². The number of amides is 1. The molecule has 3 aromatic rings. The van der Waals surface area contributed by atoms with E-state index in [1.807, 2.05) is 17.8 Å². The van der Waals surface area contributed by atoms with Gasteiger partial charge in [-0.25, -0.2) is 0 Å².